The lowest BCUT2D eigenvalue weighted by Gasteiger charge is -2.28. The molecule has 1 amide bonds. The minimum Gasteiger partial charge on any atom is -0.378 e. The average molecular weight is 463 g/mol. The SMILES string of the molecule is CC(Sc1nnc(N2CCOCC2)n1-c1cccc(F)c1)C(=O)Nc1ccc(F)c(F)c1. The molecule has 0 radical (unpaired) electrons. The van der Waals surface area contributed by atoms with E-state index < -0.39 is 28.6 Å². The van der Waals surface area contributed by atoms with E-state index in [-0.39, 0.29) is 5.69 Å². The maximum atomic E-state index is 13.9. The van der Waals surface area contributed by atoms with Crippen molar-refractivity contribution in [2.45, 2.75) is 17.3 Å². The molecule has 3 aromatic rings. The van der Waals surface area contributed by atoms with E-state index in [0.29, 0.717) is 43.1 Å². The first kappa shape index (κ1) is 22.2. The maximum absolute atomic E-state index is 13.9. The Hall–Kier alpha value is -3.05. The fourth-order valence-corrected chi connectivity index (χ4v) is 4.04. The summed E-state index contributed by atoms with van der Waals surface area (Å²) in [4.78, 5) is 14.6. The smallest absolute Gasteiger partial charge is 0.237 e. The van der Waals surface area contributed by atoms with E-state index in [4.69, 9.17) is 4.74 Å². The molecule has 2 aromatic carbocycles. The van der Waals surface area contributed by atoms with Crippen molar-refractivity contribution < 1.29 is 22.7 Å². The Balaban J connectivity index is 1.58. The highest BCUT2D eigenvalue weighted by Crippen LogP contribution is 2.30. The first-order valence-electron chi connectivity index (χ1n) is 9.89. The van der Waals surface area contributed by atoms with Crippen molar-refractivity contribution in [3.05, 3.63) is 59.9 Å². The minimum absolute atomic E-state index is 0.141. The molecule has 1 unspecified atom stereocenters. The number of rotatable bonds is 6. The van der Waals surface area contributed by atoms with Crippen LogP contribution in [0.1, 0.15) is 6.92 Å². The fraction of sp³-hybridized carbons (Fsp3) is 0.286. The van der Waals surface area contributed by atoms with Crippen molar-refractivity contribution in [1.29, 1.82) is 0 Å². The van der Waals surface area contributed by atoms with Crippen LogP contribution in [0.2, 0.25) is 0 Å². The second kappa shape index (κ2) is 9.61. The van der Waals surface area contributed by atoms with E-state index in [1.807, 2.05) is 4.90 Å². The maximum Gasteiger partial charge on any atom is 0.237 e. The molecule has 4 rings (SSSR count). The number of nitrogens with zero attached hydrogens (tertiary/aromatic N) is 4. The molecular weight excluding hydrogens is 443 g/mol. The molecule has 0 aliphatic carbocycles. The largest absolute Gasteiger partial charge is 0.378 e. The number of thioether (sulfide) groups is 1. The third kappa shape index (κ3) is 4.89. The summed E-state index contributed by atoms with van der Waals surface area (Å²) in [5.41, 5.74) is 0.661. The average Bonchev–Trinajstić information content (AvgIpc) is 3.20. The Morgan fingerprint density at radius 2 is 1.88 bits per heavy atom. The monoisotopic (exact) mass is 463 g/mol. The number of hydrogen-bond acceptors (Lipinski definition) is 6. The second-order valence-corrected chi connectivity index (χ2v) is 8.38. The van der Waals surface area contributed by atoms with Gasteiger partial charge < -0.3 is 15.0 Å². The normalized spacial score (nSPS) is 14.9. The standard InChI is InChI=1S/C21H20F3N5O2S/c1-13(19(30)25-15-5-6-17(23)18(24)12-15)32-21-27-26-20(28-7-9-31-10-8-28)29(21)16-4-2-3-14(22)11-16/h2-6,11-13H,7-10H2,1H3,(H,25,30). The van der Waals surface area contributed by atoms with Gasteiger partial charge in [0.25, 0.3) is 0 Å². The highest BCUT2D eigenvalue weighted by molar-refractivity contribution is 8.00. The number of halogens is 3. The number of hydrogen-bond donors (Lipinski definition) is 1. The van der Waals surface area contributed by atoms with E-state index in [1.54, 1.807) is 23.6 Å². The zero-order valence-corrected chi connectivity index (χ0v) is 17.9. The summed E-state index contributed by atoms with van der Waals surface area (Å²) in [5.74, 6) is -2.37. The number of morpholine rings is 1. The fourth-order valence-electron chi connectivity index (χ4n) is 3.18. The number of aromatic nitrogens is 3. The first-order valence-corrected chi connectivity index (χ1v) is 10.8. The van der Waals surface area contributed by atoms with Crippen LogP contribution in [-0.4, -0.2) is 52.2 Å². The predicted molar refractivity (Wildman–Crippen MR) is 115 cm³/mol. The molecule has 1 fully saturated rings. The Kier molecular flexibility index (Phi) is 6.66. The molecule has 32 heavy (non-hydrogen) atoms. The predicted octanol–water partition coefficient (Wildman–Crippen LogP) is 3.64. The molecule has 0 spiro atoms. The van der Waals surface area contributed by atoms with Gasteiger partial charge in [-0.15, -0.1) is 10.2 Å². The molecule has 0 saturated carbocycles. The van der Waals surface area contributed by atoms with Gasteiger partial charge in [-0.2, -0.15) is 0 Å². The molecule has 1 saturated heterocycles. The van der Waals surface area contributed by atoms with Crippen LogP contribution in [0.25, 0.3) is 5.69 Å². The van der Waals surface area contributed by atoms with Gasteiger partial charge in [0.15, 0.2) is 16.8 Å². The van der Waals surface area contributed by atoms with Crippen molar-refractivity contribution in [3.8, 4) is 5.69 Å². The molecule has 1 N–H and O–H groups in total. The van der Waals surface area contributed by atoms with Crippen LogP contribution in [-0.2, 0) is 9.53 Å². The minimum atomic E-state index is -1.05. The molecular formula is C21H20F3N5O2S. The summed E-state index contributed by atoms with van der Waals surface area (Å²) in [6.07, 6.45) is 0. The van der Waals surface area contributed by atoms with Crippen LogP contribution in [0.15, 0.2) is 47.6 Å². The molecule has 2 heterocycles. The Morgan fingerprint density at radius 3 is 2.59 bits per heavy atom. The van der Waals surface area contributed by atoms with Gasteiger partial charge in [-0.25, -0.2) is 13.2 Å². The Morgan fingerprint density at radius 1 is 1.09 bits per heavy atom. The second-order valence-electron chi connectivity index (χ2n) is 7.08. The summed E-state index contributed by atoms with van der Waals surface area (Å²) < 4.78 is 47.6. The zero-order chi connectivity index (χ0) is 22.7. The van der Waals surface area contributed by atoms with Crippen molar-refractivity contribution in [2.75, 3.05) is 36.5 Å². The van der Waals surface area contributed by atoms with Crippen LogP contribution in [0, 0.1) is 17.5 Å². The summed E-state index contributed by atoms with van der Waals surface area (Å²) in [5, 5.41) is 10.8. The van der Waals surface area contributed by atoms with E-state index in [1.165, 1.54) is 18.2 Å². The molecule has 168 valence electrons. The number of amides is 1. The number of benzene rings is 2. The highest BCUT2D eigenvalue weighted by Gasteiger charge is 2.25. The summed E-state index contributed by atoms with van der Waals surface area (Å²) in [6, 6.07) is 9.15. The number of anilines is 2. The molecule has 1 aliphatic rings. The molecule has 1 aliphatic heterocycles. The molecule has 1 aromatic heterocycles. The molecule has 0 bridgehead atoms. The van der Waals surface area contributed by atoms with Crippen LogP contribution >= 0.6 is 11.8 Å². The lowest BCUT2D eigenvalue weighted by molar-refractivity contribution is -0.115. The Labute approximate surface area is 186 Å². The van der Waals surface area contributed by atoms with Gasteiger partial charge in [0, 0.05) is 24.8 Å². The van der Waals surface area contributed by atoms with Gasteiger partial charge in [0.05, 0.1) is 24.2 Å². The number of nitrogens with one attached hydrogen (secondary N) is 1. The zero-order valence-electron chi connectivity index (χ0n) is 17.1. The number of carbonyl (C=O) groups is 1. The lowest BCUT2D eigenvalue weighted by atomic mass is 10.3. The van der Waals surface area contributed by atoms with E-state index in [0.717, 1.165) is 23.9 Å². The topological polar surface area (TPSA) is 72.3 Å². The van der Waals surface area contributed by atoms with E-state index in [2.05, 4.69) is 15.5 Å². The van der Waals surface area contributed by atoms with Crippen molar-refractivity contribution in [2.24, 2.45) is 0 Å². The van der Waals surface area contributed by atoms with Gasteiger partial charge in [0.2, 0.25) is 11.9 Å². The van der Waals surface area contributed by atoms with E-state index in [9.17, 15) is 18.0 Å². The number of carbonyl (C=O) groups excluding carboxylic acids is 1. The van der Waals surface area contributed by atoms with Gasteiger partial charge in [-0.3, -0.25) is 9.36 Å². The van der Waals surface area contributed by atoms with Crippen molar-refractivity contribution >= 4 is 29.3 Å². The summed E-state index contributed by atoms with van der Waals surface area (Å²) in [7, 11) is 0. The van der Waals surface area contributed by atoms with Crippen LogP contribution in [0.3, 0.4) is 0 Å². The number of ether oxygens (including phenoxy) is 1. The molecule has 7 nitrogen and oxygen atoms in total. The third-order valence-corrected chi connectivity index (χ3v) is 5.86. The van der Waals surface area contributed by atoms with Gasteiger partial charge in [-0.1, -0.05) is 17.8 Å². The van der Waals surface area contributed by atoms with Crippen molar-refractivity contribution in [1.82, 2.24) is 14.8 Å². The van der Waals surface area contributed by atoms with Crippen molar-refractivity contribution in [3.63, 3.8) is 0 Å². The lowest BCUT2D eigenvalue weighted by Crippen LogP contribution is -2.38. The molecule has 11 heteroatoms. The van der Waals surface area contributed by atoms with E-state index >= 15 is 0 Å². The van der Waals surface area contributed by atoms with Gasteiger partial charge in [0.1, 0.15) is 5.82 Å². The summed E-state index contributed by atoms with van der Waals surface area (Å²) >= 11 is 1.12. The van der Waals surface area contributed by atoms with Gasteiger partial charge in [-0.05, 0) is 37.3 Å². The van der Waals surface area contributed by atoms with Crippen LogP contribution < -0.4 is 10.2 Å². The van der Waals surface area contributed by atoms with Gasteiger partial charge >= 0.3 is 0 Å². The van der Waals surface area contributed by atoms with Crippen LogP contribution in [0.5, 0.6) is 0 Å². The Bertz CT molecular complexity index is 1120. The van der Waals surface area contributed by atoms with Crippen LogP contribution in [0.4, 0.5) is 24.8 Å². The highest BCUT2D eigenvalue weighted by atomic mass is 32.2. The molecule has 1 atom stereocenters. The summed E-state index contributed by atoms with van der Waals surface area (Å²) in [6.45, 7) is 3.92. The third-order valence-electron chi connectivity index (χ3n) is 4.82. The quantitative estimate of drug-likeness (QED) is 0.563. The first-order chi connectivity index (χ1) is 15.4.